The average Bonchev–Trinajstić information content (AvgIpc) is 2.18. The first-order valence-electron chi connectivity index (χ1n) is 4.53. The topological polar surface area (TPSA) is 45.2 Å². The van der Waals surface area contributed by atoms with Gasteiger partial charge in [-0.3, -0.25) is 9.78 Å². The van der Waals surface area contributed by atoms with Gasteiger partial charge < -0.3 is 10.2 Å². The van der Waals surface area contributed by atoms with E-state index in [1.807, 2.05) is 19.0 Å². The predicted octanol–water partition coefficient (Wildman–Crippen LogP) is 0.795. The quantitative estimate of drug-likeness (QED) is 0.831. The van der Waals surface area contributed by atoms with Crippen molar-refractivity contribution in [1.29, 1.82) is 0 Å². The lowest BCUT2D eigenvalue weighted by Crippen LogP contribution is -2.31. The van der Waals surface area contributed by atoms with E-state index in [-0.39, 0.29) is 18.3 Å². The van der Waals surface area contributed by atoms with E-state index in [0.717, 1.165) is 6.54 Å². The highest BCUT2D eigenvalue weighted by Gasteiger charge is 2.02. The summed E-state index contributed by atoms with van der Waals surface area (Å²) in [7, 11) is 3.94. The maximum atomic E-state index is 11.5. The Kier molecular flexibility index (Phi) is 6.66. The van der Waals surface area contributed by atoms with Gasteiger partial charge in [-0.1, -0.05) is 0 Å². The third-order valence-electron chi connectivity index (χ3n) is 1.79. The molecular weight excluding hydrogens is 214 g/mol. The summed E-state index contributed by atoms with van der Waals surface area (Å²) in [6.45, 7) is 1.50. The molecule has 15 heavy (non-hydrogen) atoms. The molecule has 0 aliphatic rings. The number of nitrogens with zero attached hydrogens (tertiary/aromatic N) is 2. The standard InChI is InChI=1S/C10H15N3O.ClH/c1-13(2)8-7-12-10(14)9-3-5-11-6-4-9;/h3-6H,7-8H2,1-2H3,(H,12,14);1H. The zero-order chi connectivity index (χ0) is 10.4. The number of halogens is 1. The largest absolute Gasteiger partial charge is 0.351 e. The van der Waals surface area contributed by atoms with Gasteiger partial charge in [0.1, 0.15) is 0 Å². The number of hydrogen-bond donors (Lipinski definition) is 1. The number of rotatable bonds is 4. The molecule has 5 heteroatoms. The van der Waals surface area contributed by atoms with Gasteiger partial charge in [-0.15, -0.1) is 12.4 Å². The highest BCUT2D eigenvalue weighted by atomic mass is 35.5. The molecule has 1 amide bonds. The molecule has 0 saturated carbocycles. The molecule has 1 rings (SSSR count). The van der Waals surface area contributed by atoms with Crippen LogP contribution in [0.15, 0.2) is 24.5 Å². The minimum absolute atomic E-state index is 0. The molecule has 0 atom stereocenters. The maximum absolute atomic E-state index is 11.5. The summed E-state index contributed by atoms with van der Waals surface area (Å²) in [5.41, 5.74) is 0.652. The number of amides is 1. The number of hydrogen-bond acceptors (Lipinski definition) is 3. The van der Waals surface area contributed by atoms with E-state index < -0.39 is 0 Å². The number of nitrogens with one attached hydrogen (secondary N) is 1. The minimum atomic E-state index is -0.0470. The van der Waals surface area contributed by atoms with Gasteiger partial charge in [0.15, 0.2) is 0 Å². The fraction of sp³-hybridized carbons (Fsp3) is 0.400. The second-order valence-corrected chi connectivity index (χ2v) is 3.30. The lowest BCUT2D eigenvalue weighted by atomic mass is 10.2. The zero-order valence-corrected chi connectivity index (χ0v) is 9.75. The van der Waals surface area contributed by atoms with Crippen LogP contribution < -0.4 is 5.32 Å². The van der Waals surface area contributed by atoms with Crippen molar-refractivity contribution < 1.29 is 4.79 Å². The van der Waals surface area contributed by atoms with Crippen molar-refractivity contribution in [2.24, 2.45) is 0 Å². The minimum Gasteiger partial charge on any atom is -0.351 e. The molecule has 0 aromatic carbocycles. The first-order chi connectivity index (χ1) is 6.70. The lowest BCUT2D eigenvalue weighted by Gasteiger charge is -2.10. The molecule has 0 radical (unpaired) electrons. The van der Waals surface area contributed by atoms with Gasteiger partial charge in [0.2, 0.25) is 0 Å². The molecule has 0 unspecified atom stereocenters. The smallest absolute Gasteiger partial charge is 0.251 e. The Morgan fingerprint density at radius 1 is 1.40 bits per heavy atom. The Labute approximate surface area is 96.1 Å². The molecule has 0 aliphatic heterocycles. The Morgan fingerprint density at radius 3 is 2.53 bits per heavy atom. The van der Waals surface area contributed by atoms with Crippen molar-refractivity contribution in [3.63, 3.8) is 0 Å². The van der Waals surface area contributed by atoms with Crippen LogP contribution in [0, 0.1) is 0 Å². The van der Waals surface area contributed by atoms with E-state index >= 15 is 0 Å². The van der Waals surface area contributed by atoms with Gasteiger partial charge in [0.05, 0.1) is 0 Å². The average molecular weight is 230 g/mol. The van der Waals surface area contributed by atoms with Crippen molar-refractivity contribution in [2.75, 3.05) is 27.2 Å². The van der Waals surface area contributed by atoms with Crippen LogP contribution in [0.25, 0.3) is 0 Å². The van der Waals surface area contributed by atoms with Crippen LogP contribution in [0.5, 0.6) is 0 Å². The third-order valence-corrected chi connectivity index (χ3v) is 1.79. The number of carbonyl (C=O) groups excluding carboxylic acids is 1. The van der Waals surface area contributed by atoms with E-state index in [9.17, 15) is 4.79 Å². The van der Waals surface area contributed by atoms with Gasteiger partial charge in [-0.25, -0.2) is 0 Å². The summed E-state index contributed by atoms with van der Waals surface area (Å²) < 4.78 is 0. The second-order valence-electron chi connectivity index (χ2n) is 3.30. The molecule has 1 aromatic rings. The summed E-state index contributed by atoms with van der Waals surface area (Å²) in [6.07, 6.45) is 3.22. The highest BCUT2D eigenvalue weighted by molar-refractivity contribution is 5.93. The number of aromatic nitrogens is 1. The van der Waals surface area contributed by atoms with Gasteiger partial charge in [0, 0.05) is 31.0 Å². The van der Waals surface area contributed by atoms with Crippen LogP contribution in [-0.4, -0.2) is 43.0 Å². The molecule has 84 valence electrons. The van der Waals surface area contributed by atoms with E-state index in [1.54, 1.807) is 24.5 Å². The third kappa shape index (κ3) is 5.34. The second kappa shape index (κ2) is 7.20. The summed E-state index contributed by atoms with van der Waals surface area (Å²) in [5, 5.41) is 2.82. The highest BCUT2D eigenvalue weighted by Crippen LogP contribution is 1.94. The monoisotopic (exact) mass is 229 g/mol. The number of carbonyl (C=O) groups is 1. The van der Waals surface area contributed by atoms with Crippen LogP contribution in [-0.2, 0) is 0 Å². The molecule has 0 fully saturated rings. The summed E-state index contributed by atoms with van der Waals surface area (Å²) in [5.74, 6) is -0.0470. The first kappa shape index (κ1) is 13.9. The first-order valence-corrected chi connectivity index (χ1v) is 4.53. The molecule has 0 spiro atoms. The van der Waals surface area contributed by atoms with Crippen LogP contribution in [0.4, 0.5) is 0 Å². The van der Waals surface area contributed by atoms with E-state index in [0.29, 0.717) is 12.1 Å². The molecule has 1 N–H and O–H groups in total. The molecule has 1 aromatic heterocycles. The van der Waals surface area contributed by atoms with Crippen molar-refractivity contribution >= 4 is 18.3 Å². The predicted molar refractivity (Wildman–Crippen MR) is 62.4 cm³/mol. The normalized spacial score (nSPS) is 9.53. The van der Waals surface area contributed by atoms with Crippen LogP contribution in [0.2, 0.25) is 0 Å². The van der Waals surface area contributed by atoms with E-state index in [2.05, 4.69) is 10.3 Å². The molecule has 0 saturated heterocycles. The zero-order valence-electron chi connectivity index (χ0n) is 8.93. The van der Waals surface area contributed by atoms with Crippen LogP contribution >= 0.6 is 12.4 Å². The summed E-state index contributed by atoms with van der Waals surface area (Å²) in [6, 6.07) is 3.40. The Hall–Kier alpha value is -1.13. The number of likely N-dealkylation sites (N-methyl/N-ethyl adjacent to an activating group) is 1. The Bertz CT molecular complexity index is 290. The van der Waals surface area contributed by atoms with Crippen molar-refractivity contribution in [3.8, 4) is 0 Å². The van der Waals surface area contributed by atoms with Crippen molar-refractivity contribution in [3.05, 3.63) is 30.1 Å². The van der Waals surface area contributed by atoms with E-state index in [4.69, 9.17) is 0 Å². The van der Waals surface area contributed by atoms with Crippen molar-refractivity contribution in [2.45, 2.75) is 0 Å². The fourth-order valence-electron chi connectivity index (χ4n) is 0.998. The SMILES string of the molecule is CN(C)CCNC(=O)c1ccncc1.Cl. The maximum Gasteiger partial charge on any atom is 0.251 e. The van der Waals surface area contributed by atoms with Gasteiger partial charge in [-0.2, -0.15) is 0 Å². The van der Waals surface area contributed by atoms with Gasteiger partial charge in [0.25, 0.3) is 5.91 Å². The van der Waals surface area contributed by atoms with Gasteiger partial charge >= 0.3 is 0 Å². The number of pyridine rings is 1. The summed E-state index contributed by atoms with van der Waals surface area (Å²) >= 11 is 0. The van der Waals surface area contributed by atoms with Crippen molar-refractivity contribution in [1.82, 2.24) is 15.2 Å². The molecular formula is C10H16ClN3O. The van der Waals surface area contributed by atoms with Crippen LogP contribution in [0.3, 0.4) is 0 Å². The molecule has 1 heterocycles. The lowest BCUT2D eigenvalue weighted by molar-refractivity contribution is 0.0951. The summed E-state index contributed by atoms with van der Waals surface area (Å²) in [4.78, 5) is 17.3. The fourth-order valence-corrected chi connectivity index (χ4v) is 0.998. The molecule has 0 bridgehead atoms. The van der Waals surface area contributed by atoms with E-state index in [1.165, 1.54) is 0 Å². The van der Waals surface area contributed by atoms with Crippen LogP contribution in [0.1, 0.15) is 10.4 Å². The van der Waals surface area contributed by atoms with Gasteiger partial charge in [-0.05, 0) is 26.2 Å². The Balaban J connectivity index is 0.00000196. The molecule has 0 aliphatic carbocycles. The Morgan fingerprint density at radius 2 is 2.00 bits per heavy atom. The molecule has 4 nitrogen and oxygen atoms in total.